The van der Waals surface area contributed by atoms with Gasteiger partial charge in [-0.1, -0.05) is 30.3 Å². The van der Waals surface area contributed by atoms with E-state index in [0.29, 0.717) is 0 Å². The molecule has 3 nitrogen and oxygen atoms in total. The van der Waals surface area contributed by atoms with E-state index in [1.165, 1.54) is 17.8 Å². The highest BCUT2D eigenvalue weighted by Gasteiger charge is 2.16. The molecule has 2 aromatic rings. The van der Waals surface area contributed by atoms with Crippen LogP contribution in [0.25, 0.3) is 0 Å². The highest BCUT2D eigenvalue weighted by Crippen LogP contribution is 2.16. The summed E-state index contributed by atoms with van der Waals surface area (Å²) in [6, 6.07) is 16.9. The van der Waals surface area contributed by atoms with Crippen molar-refractivity contribution >= 4 is 11.4 Å². The van der Waals surface area contributed by atoms with Crippen molar-refractivity contribution in [3.63, 3.8) is 0 Å². The maximum absolute atomic E-state index is 13.0. The summed E-state index contributed by atoms with van der Waals surface area (Å²) in [4.78, 5) is 2.37. The van der Waals surface area contributed by atoms with Crippen molar-refractivity contribution in [2.45, 2.75) is 6.92 Å². The van der Waals surface area contributed by atoms with Crippen molar-refractivity contribution in [1.29, 1.82) is 0 Å². The van der Waals surface area contributed by atoms with Crippen molar-refractivity contribution in [1.82, 2.24) is 5.01 Å². The van der Waals surface area contributed by atoms with Crippen LogP contribution in [-0.4, -0.2) is 36.9 Å². The molecule has 22 heavy (non-hydrogen) atoms. The molecular formula is C18H20FN3. The zero-order valence-corrected chi connectivity index (χ0v) is 12.7. The predicted molar refractivity (Wildman–Crippen MR) is 88.8 cm³/mol. The van der Waals surface area contributed by atoms with E-state index >= 15 is 0 Å². The highest BCUT2D eigenvalue weighted by molar-refractivity contribution is 5.98. The molecule has 1 aliphatic rings. The minimum absolute atomic E-state index is 0.215. The van der Waals surface area contributed by atoms with E-state index in [9.17, 15) is 4.39 Å². The largest absolute Gasteiger partial charge is 0.368 e. The molecule has 1 aliphatic heterocycles. The van der Waals surface area contributed by atoms with Gasteiger partial charge in [-0.3, -0.25) is 5.01 Å². The fraction of sp³-hybridized carbons (Fsp3) is 0.278. The lowest BCUT2D eigenvalue weighted by atomic mass is 10.1. The fourth-order valence-corrected chi connectivity index (χ4v) is 2.65. The smallest absolute Gasteiger partial charge is 0.123 e. The normalized spacial score (nSPS) is 16.0. The standard InChI is InChI=1S/C18H20FN3/c1-15(16-7-9-17(19)10-8-16)20-22-13-11-21(12-14-22)18-5-3-2-4-6-18/h2-10H,11-14H2,1H3/b20-15+. The summed E-state index contributed by atoms with van der Waals surface area (Å²) in [7, 11) is 0. The third-order valence-corrected chi connectivity index (χ3v) is 3.93. The third kappa shape index (κ3) is 3.45. The van der Waals surface area contributed by atoms with Crippen molar-refractivity contribution in [2.24, 2.45) is 5.10 Å². The summed E-state index contributed by atoms with van der Waals surface area (Å²) >= 11 is 0. The third-order valence-electron chi connectivity index (χ3n) is 3.93. The van der Waals surface area contributed by atoms with E-state index < -0.39 is 0 Å². The first kappa shape index (κ1) is 14.6. The second-order valence-corrected chi connectivity index (χ2v) is 5.47. The van der Waals surface area contributed by atoms with E-state index in [-0.39, 0.29) is 5.82 Å². The average molecular weight is 297 g/mol. The average Bonchev–Trinajstić information content (AvgIpc) is 2.57. The van der Waals surface area contributed by atoms with Gasteiger partial charge in [0, 0.05) is 18.8 Å². The van der Waals surface area contributed by atoms with Crippen LogP contribution in [0.2, 0.25) is 0 Å². The minimum Gasteiger partial charge on any atom is -0.368 e. The van der Waals surface area contributed by atoms with Crippen molar-refractivity contribution in [2.75, 3.05) is 31.1 Å². The number of halogens is 1. The monoisotopic (exact) mass is 297 g/mol. The topological polar surface area (TPSA) is 18.8 Å². The van der Waals surface area contributed by atoms with Gasteiger partial charge in [0.2, 0.25) is 0 Å². The first-order valence-electron chi connectivity index (χ1n) is 7.58. The summed E-state index contributed by atoms with van der Waals surface area (Å²) in [5.41, 5.74) is 3.15. The molecule has 2 aromatic carbocycles. The van der Waals surface area contributed by atoms with Crippen molar-refractivity contribution in [3.8, 4) is 0 Å². The summed E-state index contributed by atoms with van der Waals surface area (Å²) in [6.07, 6.45) is 0. The first-order valence-corrected chi connectivity index (χ1v) is 7.58. The summed E-state index contributed by atoms with van der Waals surface area (Å²) in [6.45, 7) is 5.69. The van der Waals surface area contributed by atoms with Crippen LogP contribution in [0.15, 0.2) is 59.7 Å². The number of rotatable bonds is 3. The number of nitrogens with zero attached hydrogens (tertiary/aromatic N) is 3. The van der Waals surface area contributed by atoms with Gasteiger partial charge >= 0.3 is 0 Å². The Bertz CT molecular complexity index is 629. The molecule has 0 aliphatic carbocycles. The van der Waals surface area contributed by atoms with Gasteiger partial charge in [-0.25, -0.2) is 4.39 Å². The Morgan fingerprint density at radius 2 is 1.55 bits per heavy atom. The predicted octanol–water partition coefficient (Wildman–Crippen LogP) is 3.37. The Labute approximate surface area is 130 Å². The molecule has 0 N–H and O–H groups in total. The molecule has 1 fully saturated rings. The first-order chi connectivity index (χ1) is 10.7. The summed E-state index contributed by atoms with van der Waals surface area (Å²) in [5.74, 6) is -0.215. The van der Waals surface area contributed by atoms with Crippen LogP contribution in [0.5, 0.6) is 0 Å². The molecule has 0 bridgehead atoms. The van der Waals surface area contributed by atoms with E-state index in [4.69, 9.17) is 0 Å². The van der Waals surface area contributed by atoms with E-state index in [2.05, 4.69) is 39.3 Å². The minimum atomic E-state index is -0.215. The van der Waals surface area contributed by atoms with Crippen LogP contribution in [0.1, 0.15) is 12.5 Å². The SMILES string of the molecule is C/C(=N\N1CCN(c2ccccc2)CC1)c1ccc(F)cc1. The Morgan fingerprint density at radius 3 is 2.18 bits per heavy atom. The van der Waals surface area contributed by atoms with Gasteiger partial charge in [0.1, 0.15) is 5.82 Å². The molecule has 3 rings (SSSR count). The van der Waals surface area contributed by atoms with Crippen LogP contribution in [0.4, 0.5) is 10.1 Å². The Morgan fingerprint density at radius 1 is 0.909 bits per heavy atom. The molecule has 0 aromatic heterocycles. The Hall–Kier alpha value is -2.36. The number of hydrogen-bond donors (Lipinski definition) is 0. The van der Waals surface area contributed by atoms with Crippen molar-refractivity contribution < 1.29 is 4.39 Å². The van der Waals surface area contributed by atoms with Crippen LogP contribution in [0.3, 0.4) is 0 Å². The maximum atomic E-state index is 13.0. The van der Waals surface area contributed by atoms with Gasteiger partial charge in [0.15, 0.2) is 0 Å². The molecule has 0 spiro atoms. The van der Waals surface area contributed by atoms with Gasteiger partial charge in [-0.05, 0) is 36.8 Å². The Balaban J connectivity index is 1.61. The molecule has 1 heterocycles. The van der Waals surface area contributed by atoms with Crippen LogP contribution < -0.4 is 4.90 Å². The molecule has 0 radical (unpaired) electrons. The molecule has 0 atom stereocenters. The van der Waals surface area contributed by atoms with Crippen LogP contribution in [-0.2, 0) is 0 Å². The van der Waals surface area contributed by atoms with Gasteiger partial charge in [-0.15, -0.1) is 0 Å². The highest BCUT2D eigenvalue weighted by atomic mass is 19.1. The van der Waals surface area contributed by atoms with Gasteiger partial charge in [0.05, 0.1) is 18.8 Å². The fourth-order valence-electron chi connectivity index (χ4n) is 2.65. The summed E-state index contributed by atoms with van der Waals surface area (Å²) in [5, 5.41) is 6.76. The second kappa shape index (κ2) is 6.60. The number of anilines is 1. The lowest BCUT2D eigenvalue weighted by Crippen LogP contribution is -2.44. The van der Waals surface area contributed by atoms with E-state index in [1.807, 2.05) is 13.0 Å². The van der Waals surface area contributed by atoms with Crippen LogP contribution in [0, 0.1) is 5.82 Å². The van der Waals surface area contributed by atoms with Gasteiger partial charge in [-0.2, -0.15) is 5.10 Å². The molecule has 0 unspecified atom stereocenters. The molecular weight excluding hydrogens is 277 g/mol. The van der Waals surface area contributed by atoms with Crippen molar-refractivity contribution in [3.05, 3.63) is 66.0 Å². The lowest BCUT2D eigenvalue weighted by molar-refractivity contribution is 0.270. The number of hydrazone groups is 1. The lowest BCUT2D eigenvalue weighted by Gasteiger charge is -2.34. The maximum Gasteiger partial charge on any atom is 0.123 e. The number of benzene rings is 2. The number of hydrogen-bond acceptors (Lipinski definition) is 3. The zero-order valence-electron chi connectivity index (χ0n) is 12.7. The van der Waals surface area contributed by atoms with Gasteiger partial charge in [0.25, 0.3) is 0 Å². The Kier molecular flexibility index (Phi) is 4.37. The molecule has 1 saturated heterocycles. The zero-order chi connectivity index (χ0) is 15.4. The summed E-state index contributed by atoms with van der Waals surface area (Å²) < 4.78 is 13.0. The van der Waals surface area contributed by atoms with Gasteiger partial charge < -0.3 is 4.90 Å². The molecule has 0 saturated carbocycles. The quantitative estimate of drug-likeness (QED) is 0.809. The number of piperazine rings is 1. The van der Waals surface area contributed by atoms with E-state index in [1.54, 1.807) is 12.1 Å². The number of para-hydroxylation sites is 1. The van der Waals surface area contributed by atoms with E-state index in [0.717, 1.165) is 37.5 Å². The molecule has 4 heteroatoms. The molecule has 0 amide bonds. The second-order valence-electron chi connectivity index (χ2n) is 5.47. The van der Waals surface area contributed by atoms with Crippen LogP contribution >= 0.6 is 0 Å². The molecule has 114 valence electrons.